The fourth-order valence-electron chi connectivity index (χ4n) is 5.22. The van der Waals surface area contributed by atoms with Crippen LogP contribution >= 0.6 is 0 Å². The number of quaternary nitrogens is 1. The number of rotatable bonds is 5. The Morgan fingerprint density at radius 1 is 1.05 bits per heavy atom. The number of aromatic nitrogens is 1. The topological polar surface area (TPSA) is 94.4 Å². The lowest BCUT2D eigenvalue weighted by Crippen LogP contribution is -2.50. The first-order valence-electron chi connectivity index (χ1n) is 12.4. The van der Waals surface area contributed by atoms with Gasteiger partial charge in [0, 0.05) is 55.0 Å². The van der Waals surface area contributed by atoms with Gasteiger partial charge in [-0.1, -0.05) is 30.3 Å². The third kappa shape index (κ3) is 4.61. The van der Waals surface area contributed by atoms with Crippen LogP contribution in [-0.2, 0) is 15.4 Å². The first-order valence-corrected chi connectivity index (χ1v) is 14.3. The predicted molar refractivity (Wildman–Crippen MR) is 146 cm³/mol. The van der Waals surface area contributed by atoms with E-state index in [0.29, 0.717) is 23.1 Å². The highest BCUT2D eigenvalue weighted by atomic mass is 32.2. The molecule has 1 aliphatic carbocycles. The number of sulfonamides is 1. The molecule has 0 unspecified atom stereocenters. The first-order chi connectivity index (χ1) is 17.4. The van der Waals surface area contributed by atoms with Gasteiger partial charge in [0.25, 0.3) is 5.91 Å². The molecule has 2 fully saturated rings. The van der Waals surface area contributed by atoms with Crippen molar-refractivity contribution >= 4 is 32.5 Å². The van der Waals surface area contributed by atoms with Crippen LogP contribution in [0.5, 0.6) is 0 Å². The Kier molecular flexibility index (Phi) is 6.10. The molecule has 5 rings (SSSR count). The summed E-state index contributed by atoms with van der Waals surface area (Å²) in [5.41, 5.74) is 4.67. The molecule has 1 saturated heterocycles. The third-order valence-electron chi connectivity index (χ3n) is 7.49. The lowest BCUT2D eigenvalue weighted by molar-refractivity contribution is 0.0699. The van der Waals surface area contributed by atoms with Gasteiger partial charge in [0.1, 0.15) is 5.69 Å². The minimum atomic E-state index is -3.29. The SMILES string of the molecule is C[N+](C)(C)c1cc(-c2c(C(=O)N3CCN(S(C)(=O)=O)CC3)cnc3ccccc23)ccc1C1(C#N)CC1. The number of carbonyl (C=O) groups excluding carboxylic acids is 1. The highest BCUT2D eigenvalue weighted by Crippen LogP contribution is 2.52. The minimum Gasteiger partial charge on any atom is -0.336 e. The summed E-state index contributed by atoms with van der Waals surface area (Å²) in [6, 6.07) is 16.5. The Bertz CT molecular complexity index is 1540. The standard InChI is InChI=1S/C28H32N5O3S/c1-33(2,3)25-17-20(9-10-23(25)28(19-29)11-12-28)26-21-7-5-6-8-24(21)30-18-22(26)27(34)31-13-15-32(16-14-31)37(4,35)36/h5-10,17-18H,11-16H2,1-4H3/q+1. The molecule has 2 heterocycles. The highest BCUT2D eigenvalue weighted by Gasteiger charge is 2.48. The molecule has 1 aromatic heterocycles. The van der Waals surface area contributed by atoms with E-state index < -0.39 is 15.4 Å². The summed E-state index contributed by atoms with van der Waals surface area (Å²) in [5, 5.41) is 10.8. The molecule has 3 aromatic rings. The number of amides is 1. The van der Waals surface area contributed by atoms with Gasteiger partial charge in [-0.15, -0.1) is 0 Å². The molecule has 37 heavy (non-hydrogen) atoms. The molecule has 0 N–H and O–H groups in total. The molecule has 0 atom stereocenters. The van der Waals surface area contributed by atoms with Gasteiger partial charge >= 0.3 is 0 Å². The number of hydrogen-bond acceptors (Lipinski definition) is 5. The van der Waals surface area contributed by atoms with E-state index in [1.165, 1.54) is 10.6 Å². The number of para-hydroxylation sites is 1. The summed E-state index contributed by atoms with van der Waals surface area (Å²) in [6.45, 7) is 1.20. The van der Waals surface area contributed by atoms with E-state index in [1.807, 2.05) is 30.3 Å². The van der Waals surface area contributed by atoms with Crippen molar-refractivity contribution in [3.63, 3.8) is 0 Å². The fourth-order valence-corrected chi connectivity index (χ4v) is 6.05. The number of carbonyl (C=O) groups is 1. The largest absolute Gasteiger partial charge is 0.336 e. The number of benzene rings is 2. The van der Waals surface area contributed by atoms with Crippen LogP contribution in [0.3, 0.4) is 0 Å². The minimum absolute atomic E-state index is 0.159. The van der Waals surface area contributed by atoms with Gasteiger partial charge in [-0.05, 0) is 24.5 Å². The summed E-state index contributed by atoms with van der Waals surface area (Å²) in [4.78, 5) is 20.1. The monoisotopic (exact) mass is 518 g/mol. The normalized spacial score (nSPS) is 18.0. The summed E-state index contributed by atoms with van der Waals surface area (Å²) < 4.78 is 25.8. The van der Waals surface area contributed by atoms with Crippen LogP contribution in [-0.4, -0.2) is 82.1 Å². The second-order valence-electron chi connectivity index (χ2n) is 11.0. The van der Waals surface area contributed by atoms with Crippen LogP contribution in [0, 0.1) is 11.3 Å². The lowest BCUT2D eigenvalue weighted by atomic mass is 9.89. The van der Waals surface area contributed by atoms with Gasteiger partial charge in [-0.2, -0.15) is 9.57 Å². The summed E-state index contributed by atoms with van der Waals surface area (Å²) in [7, 11) is 2.98. The molecule has 8 nitrogen and oxygen atoms in total. The van der Waals surface area contributed by atoms with E-state index in [-0.39, 0.29) is 19.0 Å². The van der Waals surface area contributed by atoms with E-state index in [4.69, 9.17) is 0 Å². The third-order valence-corrected chi connectivity index (χ3v) is 8.79. The van der Waals surface area contributed by atoms with Crippen LogP contribution < -0.4 is 4.48 Å². The van der Waals surface area contributed by atoms with Crippen LogP contribution in [0.2, 0.25) is 0 Å². The van der Waals surface area contributed by atoms with E-state index in [1.54, 1.807) is 11.1 Å². The molecule has 0 radical (unpaired) electrons. The van der Waals surface area contributed by atoms with Crippen LogP contribution in [0.15, 0.2) is 48.7 Å². The quantitative estimate of drug-likeness (QED) is 0.483. The average molecular weight is 519 g/mol. The van der Waals surface area contributed by atoms with Gasteiger partial charge < -0.3 is 4.90 Å². The summed E-state index contributed by atoms with van der Waals surface area (Å²) >= 11 is 0. The van der Waals surface area contributed by atoms with Crippen molar-refractivity contribution in [1.82, 2.24) is 18.7 Å². The maximum atomic E-state index is 13.8. The molecule has 1 aliphatic heterocycles. The molecular formula is C28H32N5O3S+. The van der Waals surface area contributed by atoms with E-state index in [0.717, 1.165) is 46.1 Å². The molecule has 9 heteroatoms. The molecular weight excluding hydrogens is 486 g/mol. The summed E-state index contributed by atoms with van der Waals surface area (Å²) in [6.07, 6.45) is 4.55. The maximum absolute atomic E-state index is 13.8. The molecule has 0 bridgehead atoms. The van der Waals surface area contributed by atoms with Crippen molar-refractivity contribution in [2.45, 2.75) is 18.3 Å². The van der Waals surface area contributed by atoms with Gasteiger partial charge in [-0.3, -0.25) is 14.3 Å². The number of piperazine rings is 1. The number of nitriles is 1. The van der Waals surface area contributed by atoms with Crippen molar-refractivity contribution in [3.8, 4) is 17.2 Å². The fraction of sp³-hybridized carbons (Fsp3) is 0.393. The first kappa shape index (κ1) is 25.3. The number of hydrogen-bond donors (Lipinski definition) is 0. The van der Waals surface area contributed by atoms with Crippen molar-refractivity contribution < 1.29 is 13.2 Å². The predicted octanol–water partition coefficient (Wildman–Crippen LogP) is 3.37. The Labute approximate surface area is 218 Å². The van der Waals surface area contributed by atoms with E-state index in [2.05, 4.69) is 44.3 Å². The zero-order valence-electron chi connectivity index (χ0n) is 21.7. The molecule has 192 valence electrons. The Morgan fingerprint density at radius 3 is 2.32 bits per heavy atom. The molecule has 2 aromatic carbocycles. The van der Waals surface area contributed by atoms with Gasteiger partial charge in [0.2, 0.25) is 10.0 Å². The average Bonchev–Trinajstić information content (AvgIpc) is 3.67. The summed E-state index contributed by atoms with van der Waals surface area (Å²) in [5.74, 6) is -0.159. The van der Waals surface area contributed by atoms with Crippen LogP contribution in [0.4, 0.5) is 5.69 Å². The Balaban J connectivity index is 1.63. The second kappa shape index (κ2) is 8.91. The smallest absolute Gasteiger partial charge is 0.256 e. The zero-order chi connectivity index (χ0) is 26.6. The second-order valence-corrected chi connectivity index (χ2v) is 12.9. The number of fused-ring (bicyclic) bond motifs is 1. The van der Waals surface area contributed by atoms with Crippen LogP contribution in [0.1, 0.15) is 28.8 Å². The molecule has 0 spiro atoms. The van der Waals surface area contributed by atoms with Gasteiger partial charge in [0.15, 0.2) is 0 Å². The van der Waals surface area contributed by atoms with E-state index >= 15 is 0 Å². The molecule has 1 saturated carbocycles. The van der Waals surface area contributed by atoms with Gasteiger partial charge in [0.05, 0.1) is 50.0 Å². The van der Waals surface area contributed by atoms with Crippen molar-refractivity contribution in [3.05, 3.63) is 59.8 Å². The molecule has 1 amide bonds. The van der Waals surface area contributed by atoms with Gasteiger partial charge in [-0.25, -0.2) is 8.42 Å². The van der Waals surface area contributed by atoms with Crippen molar-refractivity contribution in [1.29, 1.82) is 5.26 Å². The lowest BCUT2D eigenvalue weighted by Gasteiger charge is -2.33. The molecule has 2 aliphatic rings. The van der Waals surface area contributed by atoms with E-state index in [9.17, 15) is 18.5 Å². The Hall–Kier alpha value is -3.32. The highest BCUT2D eigenvalue weighted by molar-refractivity contribution is 7.88. The zero-order valence-corrected chi connectivity index (χ0v) is 22.5. The van der Waals surface area contributed by atoms with Crippen molar-refractivity contribution in [2.75, 3.05) is 53.6 Å². The number of nitrogens with zero attached hydrogens (tertiary/aromatic N) is 5. The van der Waals surface area contributed by atoms with Crippen molar-refractivity contribution in [2.24, 2.45) is 0 Å². The maximum Gasteiger partial charge on any atom is 0.256 e. The van der Waals surface area contributed by atoms with Crippen LogP contribution in [0.25, 0.3) is 22.0 Å². The number of pyridine rings is 1. The Morgan fingerprint density at radius 2 is 1.73 bits per heavy atom.